The van der Waals surface area contributed by atoms with E-state index in [1.54, 1.807) is 0 Å². The lowest BCUT2D eigenvalue weighted by Gasteiger charge is -2.30. The van der Waals surface area contributed by atoms with Crippen molar-refractivity contribution in [2.75, 3.05) is 25.4 Å². The zero-order valence-electron chi connectivity index (χ0n) is 10.4. The molecule has 0 aromatic heterocycles. The van der Waals surface area contributed by atoms with Gasteiger partial charge in [-0.25, -0.2) is 12.8 Å². The average molecular weight is 288 g/mol. The number of nitrogen functional groups attached to an aromatic ring is 1. The first-order valence-corrected chi connectivity index (χ1v) is 7.55. The summed E-state index contributed by atoms with van der Waals surface area (Å²) in [4.78, 5) is -0.380. The number of aliphatic hydroxyl groups excluding tert-OH is 1. The van der Waals surface area contributed by atoms with Crippen LogP contribution < -0.4 is 5.73 Å². The van der Waals surface area contributed by atoms with Crippen molar-refractivity contribution in [3.63, 3.8) is 0 Å². The Kier molecular flexibility index (Phi) is 4.07. The standard InChI is InChI=1S/C12H17FN2O3S/c13-11-2-1-10(14)7-12(11)19(17,18)15-5-3-9(8-16)4-6-15/h1-2,7,9,16H,3-6,8,14H2. The first-order chi connectivity index (χ1) is 8.95. The van der Waals surface area contributed by atoms with Crippen molar-refractivity contribution >= 4 is 15.7 Å². The molecular formula is C12H17FN2O3S. The van der Waals surface area contributed by atoms with Crippen molar-refractivity contribution in [3.05, 3.63) is 24.0 Å². The highest BCUT2D eigenvalue weighted by atomic mass is 32.2. The summed E-state index contributed by atoms with van der Waals surface area (Å²) < 4.78 is 39.6. The van der Waals surface area contributed by atoms with Crippen molar-refractivity contribution in [1.29, 1.82) is 0 Å². The maximum absolute atomic E-state index is 13.7. The van der Waals surface area contributed by atoms with E-state index >= 15 is 0 Å². The average Bonchev–Trinajstić information content (AvgIpc) is 2.41. The van der Waals surface area contributed by atoms with Crippen LogP contribution in [0, 0.1) is 11.7 Å². The lowest BCUT2D eigenvalue weighted by Crippen LogP contribution is -2.39. The van der Waals surface area contributed by atoms with E-state index in [1.165, 1.54) is 10.4 Å². The molecule has 5 nitrogen and oxygen atoms in total. The van der Waals surface area contributed by atoms with Crippen LogP contribution in [0.2, 0.25) is 0 Å². The molecule has 106 valence electrons. The second-order valence-electron chi connectivity index (χ2n) is 4.72. The number of hydrogen-bond donors (Lipinski definition) is 2. The monoisotopic (exact) mass is 288 g/mol. The van der Waals surface area contributed by atoms with Crippen LogP contribution in [-0.4, -0.2) is 37.5 Å². The number of benzene rings is 1. The molecule has 0 saturated carbocycles. The highest BCUT2D eigenvalue weighted by Gasteiger charge is 2.31. The van der Waals surface area contributed by atoms with Crippen LogP contribution in [-0.2, 0) is 10.0 Å². The molecule has 3 N–H and O–H groups in total. The van der Waals surface area contributed by atoms with Gasteiger partial charge in [-0.05, 0) is 37.0 Å². The Morgan fingerprint density at radius 3 is 2.58 bits per heavy atom. The van der Waals surface area contributed by atoms with Gasteiger partial charge in [-0.15, -0.1) is 0 Å². The smallest absolute Gasteiger partial charge is 0.246 e. The van der Waals surface area contributed by atoms with Gasteiger partial charge in [0.2, 0.25) is 10.0 Å². The summed E-state index contributed by atoms with van der Waals surface area (Å²) in [7, 11) is -3.85. The number of anilines is 1. The third-order valence-electron chi connectivity index (χ3n) is 3.40. The van der Waals surface area contributed by atoms with E-state index in [4.69, 9.17) is 10.8 Å². The summed E-state index contributed by atoms with van der Waals surface area (Å²) in [5.74, 6) is -0.671. The van der Waals surface area contributed by atoms with Crippen LogP contribution in [0.5, 0.6) is 0 Å². The van der Waals surface area contributed by atoms with Gasteiger partial charge in [-0.3, -0.25) is 0 Å². The van der Waals surface area contributed by atoms with E-state index in [-0.39, 0.29) is 23.1 Å². The predicted molar refractivity (Wildman–Crippen MR) is 69.4 cm³/mol. The molecule has 0 aliphatic carbocycles. The van der Waals surface area contributed by atoms with Crippen molar-refractivity contribution in [2.45, 2.75) is 17.7 Å². The Morgan fingerprint density at radius 1 is 1.37 bits per heavy atom. The summed E-state index contributed by atoms with van der Waals surface area (Å²) in [6.07, 6.45) is 1.17. The van der Waals surface area contributed by atoms with E-state index in [0.29, 0.717) is 25.9 Å². The SMILES string of the molecule is Nc1ccc(F)c(S(=O)(=O)N2CCC(CO)CC2)c1. The zero-order valence-corrected chi connectivity index (χ0v) is 11.2. The third kappa shape index (κ3) is 2.88. The molecule has 0 unspecified atom stereocenters. The molecule has 1 aromatic rings. The first kappa shape index (κ1) is 14.2. The van der Waals surface area contributed by atoms with E-state index < -0.39 is 15.8 Å². The van der Waals surface area contributed by atoms with E-state index in [0.717, 1.165) is 12.1 Å². The number of halogens is 1. The highest BCUT2D eigenvalue weighted by molar-refractivity contribution is 7.89. The molecule has 1 fully saturated rings. The number of nitrogens with two attached hydrogens (primary N) is 1. The number of aliphatic hydroxyl groups is 1. The quantitative estimate of drug-likeness (QED) is 0.806. The maximum Gasteiger partial charge on any atom is 0.246 e. The molecule has 2 rings (SSSR count). The summed E-state index contributed by atoms with van der Waals surface area (Å²) in [6.45, 7) is 0.643. The number of rotatable bonds is 3. The van der Waals surface area contributed by atoms with E-state index in [9.17, 15) is 12.8 Å². The van der Waals surface area contributed by atoms with Gasteiger partial charge in [-0.1, -0.05) is 0 Å². The molecule has 1 saturated heterocycles. The minimum atomic E-state index is -3.85. The summed E-state index contributed by atoms with van der Waals surface area (Å²) in [6, 6.07) is 3.53. The lowest BCUT2D eigenvalue weighted by atomic mass is 10.00. The molecular weight excluding hydrogens is 271 g/mol. The second-order valence-corrected chi connectivity index (χ2v) is 6.63. The molecule has 0 atom stereocenters. The molecule has 1 aliphatic rings. The first-order valence-electron chi connectivity index (χ1n) is 6.11. The van der Waals surface area contributed by atoms with Crippen LogP contribution in [0.3, 0.4) is 0 Å². The topological polar surface area (TPSA) is 83.6 Å². The zero-order chi connectivity index (χ0) is 14.0. The molecule has 0 spiro atoms. The third-order valence-corrected chi connectivity index (χ3v) is 5.32. The summed E-state index contributed by atoms with van der Waals surface area (Å²) in [5, 5.41) is 9.03. The van der Waals surface area contributed by atoms with Crippen LogP contribution in [0.4, 0.5) is 10.1 Å². The molecule has 1 aromatic carbocycles. The molecule has 0 radical (unpaired) electrons. The Balaban J connectivity index is 2.26. The van der Waals surface area contributed by atoms with E-state index in [2.05, 4.69) is 0 Å². The number of hydrogen-bond acceptors (Lipinski definition) is 4. The van der Waals surface area contributed by atoms with Crippen molar-refractivity contribution < 1.29 is 17.9 Å². The van der Waals surface area contributed by atoms with Gasteiger partial charge < -0.3 is 10.8 Å². The van der Waals surface area contributed by atoms with Gasteiger partial charge in [0.1, 0.15) is 10.7 Å². The van der Waals surface area contributed by atoms with Crippen LogP contribution in [0.15, 0.2) is 23.1 Å². The van der Waals surface area contributed by atoms with Crippen molar-refractivity contribution in [3.8, 4) is 0 Å². The summed E-state index contributed by atoms with van der Waals surface area (Å²) in [5.41, 5.74) is 5.73. The predicted octanol–water partition coefficient (Wildman–Crippen LogP) is 0.801. The normalized spacial score (nSPS) is 18.6. The number of sulfonamides is 1. The van der Waals surface area contributed by atoms with Gasteiger partial charge in [0, 0.05) is 25.4 Å². The Hall–Kier alpha value is -1.18. The van der Waals surface area contributed by atoms with Gasteiger partial charge in [0.25, 0.3) is 0 Å². The van der Waals surface area contributed by atoms with Gasteiger partial charge in [0.15, 0.2) is 0 Å². The fourth-order valence-electron chi connectivity index (χ4n) is 2.19. The molecule has 1 heterocycles. The van der Waals surface area contributed by atoms with Gasteiger partial charge >= 0.3 is 0 Å². The lowest BCUT2D eigenvalue weighted by molar-refractivity contribution is 0.170. The number of piperidine rings is 1. The fourth-order valence-corrected chi connectivity index (χ4v) is 3.76. The Labute approximate surface area is 111 Å². The maximum atomic E-state index is 13.7. The molecule has 7 heteroatoms. The fraction of sp³-hybridized carbons (Fsp3) is 0.500. The Bertz CT molecular complexity index is 554. The van der Waals surface area contributed by atoms with Crippen molar-refractivity contribution in [1.82, 2.24) is 4.31 Å². The largest absolute Gasteiger partial charge is 0.399 e. The minimum absolute atomic E-state index is 0.0561. The molecule has 0 bridgehead atoms. The van der Waals surface area contributed by atoms with E-state index in [1.807, 2.05) is 0 Å². The van der Waals surface area contributed by atoms with Gasteiger partial charge in [0.05, 0.1) is 0 Å². The van der Waals surface area contributed by atoms with Crippen LogP contribution in [0.25, 0.3) is 0 Å². The molecule has 19 heavy (non-hydrogen) atoms. The summed E-state index contributed by atoms with van der Waals surface area (Å²) >= 11 is 0. The highest BCUT2D eigenvalue weighted by Crippen LogP contribution is 2.26. The van der Waals surface area contributed by atoms with Crippen molar-refractivity contribution in [2.24, 2.45) is 5.92 Å². The second kappa shape index (κ2) is 5.44. The Morgan fingerprint density at radius 2 is 2.00 bits per heavy atom. The minimum Gasteiger partial charge on any atom is -0.399 e. The van der Waals surface area contributed by atoms with Crippen LogP contribution >= 0.6 is 0 Å². The van der Waals surface area contributed by atoms with Crippen LogP contribution in [0.1, 0.15) is 12.8 Å². The molecule has 0 amide bonds. The number of nitrogens with zero attached hydrogens (tertiary/aromatic N) is 1. The van der Waals surface area contributed by atoms with Gasteiger partial charge in [-0.2, -0.15) is 4.31 Å². The molecule has 1 aliphatic heterocycles.